The van der Waals surface area contributed by atoms with E-state index in [2.05, 4.69) is 22.3 Å². The quantitative estimate of drug-likeness (QED) is 0.858. The Labute approximate surface area is 148 Å². The molecule has 2 aromatic carbocycles. The largest absolute Gasteiger partial charge is 0.322 e. The molecule has 3 nitrogen and oxygen atoms in total. The first-order valence-corrected chi connectivity index (χ1v) is 8.88. The Kier molecular flexibility index (Phi) is 5.54. The molecule has 4 heteroatoms. The third-order valence-electron chi connectivity index (χ3n) is 4.44. The number of hydrogen-bond acceptors (Lipinski definition) is 2. The molecule has 2 aromatic rings. The van der Waals surface area contributed by atoms with Gasteiger partial charge in [0.05, 0.1) is 10.6 Å². The molecule has 0 aromatic heterocycles. The third kappa shape index (κ3) is 4.37. The van der Waals surface area contributed by atoms with E-state index >= 15 is 0 Å². The van der Waals surface area contributed by atoms with Crippen LogP contribution in [-0.4, -0.2) is 23.9 Å². The number of rotatable bonds is 4. The summed E-state index contributed by atoms with van der Waals surface area (Å²) in [5.41, 5.74) is 3.61. The van der Waals surface area contributed by atoms with E-state index in [1.54, 1.807) is 12.1 Å². The van der Waals surface area contributed by atoms with Gasteiger partial charge >= 0.3 is 0 Å². The van der Waals surface area contributed by atoms with Gasteiger partial charge in [0.25, 0.3) is 5.91 Å². The van der Waals surface area contributed by atoms with Gasteiger partial charge in [-0.3, -0.25) is 9.69 Å². The molecular formula is C20H23ClN2O. The maximum absolute atomic E-state index is 12.3. The maximum atomic E-state index is 12.3. The number of nitrogens with zero attached hydrogens (tertiary/aromatic N) is 1. The lowest BCUT2D eigenvalue weighted by molar-refractivity contribution is 0.102. The van der Waals surface area contributed by atoms with E-state index < -0.39 is 0 Å². The Balaban J connectivity index is 1.62. The highest BCUT2D eigenvalue weighted by Crippen LogP contribution is 2.20. The summed E-state index contributed by atoms with van der Waals surface area (Å²) in [6.07, 6.45) is 3.94. The van der Waals surface area contributed by atoms with Crippen molar-refractivity contribution in [3.63, 3.8) is 0 Å². The van der Waals surface area contributed by atoms with Crippen LogP contribution in [0.4, 0.5) is 5.69 Å². The van der Waals surface area contributed by atoms with Crippen LogP contribution in [0, 0.1) is 6.92 Å². The molecule has 1 N–H and O–H groups in total. The van der Waals surface area contributed by atoms with Crippen molar-refractivity contribution in [2.75, 3.05) is 18.4 Å². The molecule has 0 saturated carbocycles. The van der Waals surface area contributed by atoms with Gasteiger partial charge in [0, 0.05) is 12.2 Å². The van der Waals surface area contributed by atoms with E-state index in [0.29, 0.717) is 10.6 Å². The van der Waals surface area contributed by atoms with Crippen molar-refractivity contribution >= 4 is 23.2 Å². The zero-order valence-corrected chi connectivity index (χ0v) is 14.8. The highest BCUT2D eigenvalue weighted by Gasteiger charge is 2.12. The number of amides is 1. The van der Waals surface area contributed by atoms with E-state index in [9.17, 15) is 4.79 Å². The maximum Gasteiger partial charge on any atom is 0.257 e. The predicted octanol–water partition coefficient (Wildman–Crippen LogP) is 4.89. The molecular weight excluding hydrogens is 320 g/mol. The molecule has 126 valence electrons. The van der Waals surface area contributed by atoms with Gasteiger partial charge in [0.1, 0.15) is 0 Å². The molecule has 0 aliphatic carbocycles. The Morgan fingerprint density at radius 3 is 2.46 bits per heavy atom. The molecule has 1 heterocycles. The molecule has 0 unspecified atom stereocenters. The van der Waals surface area contributed by atoms with Gasteiger partial charge in [-0.2, -0.15) is 0 Å². The van der Waals surface area contributed by atoms with Crippen molar-refractivity contribution in [2.45, 2.75) is 32.7 Å². The van der Waals surface area contributed by atoms with Crippen molar-refractivity contribution in [1.82, 2.24) is 4.90 Å². The van der Waals surface area contributed by atoms with Crippen LogP contribution in [0.1, 0.15) is 40.7 Å². The summed E-state index contributed by atoms with van der Waals surface area (Å²) in [6.45, 7) is 5.31. The molecule has 1 aliphatic heterocycles. The van der Waals surface area contributed by atoms with Gasteiger partial charge in [0.15, 0.2) is 0 Å². The predicted molar refractivity (Wildman–Crippen MR) is 99.7 cm³/mol. The van der Waals surface area contributed by atoms with Gasteiger partial charge in [-0.15, -0.1) is 0 Å². The number of hydrogen-bond donors (Lipinski definition) is 1. The Morgan fingerprint density at radius 1 is 1.08 bits per heavy atom. The van der Waals surface area contributed by atoms with Crippen LogP contribution >= 0.6 is 11.6 Å². The SMILES string of the molecule is Cc1ccc(C(=O)Nc2ccc(CN3CCCCC3)cc2)c(Cl)c1. The summed E-state index contributed by atoms with van der Waals surface area (Å²) in [4.78, 5) is 14.8. The number of halogens is 1. The molecule has 1 saturated heterocycles. The Morgan fingerprint density at radius 2 is 1.79 bits per heavy atom. The normalized spacial score (nSPS) is 15.2. The van der Waals surface area contributed by atoms with Crippen LogP contribution in [0.3, 0.4) is 0 Å². The van der Waals surface area contributed by atoms with Crippen molar-refractivity contribution < 1.29 is 4.79 Å². The van der Waals surface area contributed by atoms with Gasteiger partial charge < -0.3 is 5.32 Å². The number of carbonyl (C=O) groups excluding carboxylic acids is 1. The highest BCUT2D eigenvalue weighted by atomic mass is 35.5. The zero-order chi connectivity index (χ0) is 16.9. The summed E-state index contributed by atoms with van der Waals surface area (Å²) >= 11 is 6.16. The third-order valence-corrected chi connectivity index (χ3v) is 4.75. The van der Waals surface area contributed by atoms with Crippen molar-refractivity contribution in [1.29, 1.82) is 0 Å². The lowest BCUT2D eigenvalue weighted by atomic mass is 10.1. The smallest absolute Gasteiger partial charge is 0.257 e. The molecule has 24 heavy (non-hydrogen) atoms. The van der Waals surface area contributed by atoms with Crippen LogP contribution in [0.15, 0.2) is 42.5 Å². The second kappa shape index (κ2) is 7.82. The van der Waals surface area contributed by atoms with Gasteiger partial charge in [-0.05, 0) is 68.2 Å². The Hall–Kier alpha value is -1.84. The fourth-order valence-electron chi connectivity index (χ4n) is 3.07. The fourth-order valence-corrected chi connectivity index (χ4v) is 3.39. The number of nitrogens with one attached hydrogen (secondary N) is 1. The minimum Gasteiger partial charge on any atom is -0.322 e. The number of anilines is 1. The monoisotopic (exact) mass is 342 g/mol. The summed E-state index contributed by atoms with van der Waals surface area (Å²) in [5.74, 6) is -0.177. The first kappa shape index (κ1) is 17.0. The molecule has 0 radical (unpaired) electrons. The molecule has 0 atom stereocenters. The molecule has 0 bridgehead atoms. The molecule has 1 fully saturated rings. The minimum absolute atomic E-state index is 0.177. The molecule has 3 rings (SSSR count). The topological polar surface area (TPSA) is 32.3 Å². The first-order valence-electron chi connectivity index (χ1n) is 8.50. The van der Waals surface area contributed by atoms with E-state index in [4.69, 9.17) is 11.6 Å². The van der Waals surface area contributed by atoms with Crippen molar-refractivity contribution in [3.05, 3.63) is 64.2 Å². The summed E-state index contributed by atoms with van der Waals surface area (Å²) in [5, 5.41) is 3.39. The van der Waals surface area contributed by atoms with Gasteiger partial charge in [0.2, 0.25) is 0 Å². The number of likely N-dealkylation sites (tertiary alicyclic amines) is 1. The van der Waals surface area contributed by atoms with Crippen molar-refractivity contribution in [2.24, 2.45) is 0 Å². The standard InChI is InChI=1S/C20H23ClN2O/c1-15-5-10-18(19(21)13-15)20(24)22-17-8-6-16(7-9-17)14-23-11-3-2-4-12-23/h5-10,13H,2-4,11-12,14H2,1H3,(H,22,24). The van der Waals surface area contributed by atoms with E-state index in [-0.39, 0.29) is 5.91 Å². The molecule has 1 aliphatic rings. The van der Waals surface area contributed by atoms with Crippen molar-refractivity contribution in [3.8, 4) is 0 Å². The average Bonchev–Trinajstić information content (AvgIpc) is 2.57. The highest BCUT2D eigenvalue weighted by molar-refractivity contribution is 6.34. The lowest BCUT2D eigenvalue weighted by Crippen LogP contribution is -2.29. The van der Waals surface area contributed by atoms with Crippen LogP contribution < -0.4 is 5.32 Å². The van der Waals surface area contributed by atoms with Crippen LogP contribution in [0.5, 0.6) is 0 Å². The van der Waals surface area contributed by atoms with Gasteiger partial charge in [-0.25, -0.2) is 0 Å². The summed E-state index contributed by atoms with van der Waals surface area (Å²) in [7, 11) is 0. The van der Waals surface area contributed by atoms with Crippen LogP contribution in [0.25, 0.3) is 0 Å². The summed E-state index contributed by atoms with van der Waals surface area (Å²) in [6, 6.07) is 13.5. The first-order chi connectivity index (χ1) is 11.6. The number of carbonyl (C=O) groups is 1. The Bertz CT molecular complexity index is 706. The average molecular weight is 343 g/mol. The fraction of sp³-hybridized carbons (Fsp3) is 0.350. The lowest BCUT2D eigenvalue weighted by Gasteiger charge is -2.26. The van der Waals surface area contributed by atoms with Crippen LogP contribution in [0.2, 0.25) is 5.02 Å². The van der Waals surface area contributed by atoms with Gasteiger partial charge in [-0.1, -0.05) is 36.2 Å². The number of aryl methyl sites for hydroxylation is 1. The molecule has 0 spiro atoms. The number of benzene rings is 2. The van der Waals surface area contributed by atoms with E-state index in [1.807, 2.05) is 25.1 Å². The second-order valence-electron chi connectivity index (χ2n) is 6.47. The van der Waals surface area contributed by atoms with E-state index in [1.165, 1.54) is 37.9 Å². The molecule has 1 amide bonds. The second-order valence-corrected chi connectivity index (χ2v) is 6.88. The zero-order valence-electron chi connectivity index (χ0n) is 14.0. The summed E-state index contributed by atoms with van der Waals surface area (Å²) < 4.78 is 0. The minimum atomic E-state index is -0.177. The number of piperidine rings is 1. The van der Waals surface area contributed by atoms with E-state index in [0.717, 1.165) is 17.8 Å². The van der Waals surface area contributed by atoms with Crippen LogP contribution in [-0.2, 0) is 6.54 Å².